The van der Waals surface area contributed by atoms with Crippen LogP contribution in [0.1, 0.15) is 36.2 Å². The first-order valence-corrected chi connectivity index (χ1v) is 8.76. The second-order valence-corrected chi connectivity index (χ2v) is 7.74. The minimum atomic E-state index is -4.65. The maximum atomic E-state index is 13.3. The van der Waals surface area contributed by atoms with Crippen LogP contribution in [0.25, 0.3) is 0 Å². The van der Waals surface area contributed by atoms with E-state index in [1.807, 2.05) is 6.07 Å². The number of hydrogen-bond donors (Lipinski definition) is 0. The van der Waals surface area contributed by atoms with Crippen LogP contribution in [0.2, 0.25) is 0 Å². The number of nitrogens with zero attached hydrogens (tertiary/aromatic N) is 2. The van der Waals surface area contributed by atoms with Crippen LogP contribution in [0.15, 0.2) is 35.9 Å². The number of carbonyl (C=O) groups is 2. The van der Waals surface area contributed by atoms with Crippen molar-refractivity contribution < 1.29 is 27.5 Å². The van der Waals surface area contributed by atoms with Gasteiger partial charge in [-0.2, -0.15) is 18.4 Å². The lowest BCUT2D eigenvalue weighted by molar-refractivity contribution is -0.138. The summed E-state index contributed by atoms with van der Waals surface area (Å²) in [6, 6.07) is 6.51. The Hall–Kier alpha value is -2.66. The number of hydrogen-bond acceptors (Lipinski definition) is 4. The Kier molecular flexibility index (Phi) is 4.84. The smallest absolute Gasteiger partial charge is 0.367 e. The SMILES string of the molecule is CC1(C)CC2(C=C(C#N)C1=O)CN(C(=O)c1ccccc1C(F)(F)F)CCO2. The van der Waals surface area contributed by atoms with Gasteiger partial charge in [0.15, 0.2) is 5.78 Å². The minimum Gasteiger partial charge on any atom is -0.367 e. The summed E-state index contributed by atoms with van der Waals surface area (Å²) in [6.45, 7) is 3.56. The first-order chi connectivity index (χ1) is 13.0. The van der Waals surface area contributed by atoms with Gasteiger partial charge in [0.05, 0.1) is 29.9 Å². The van der Waals surface area contributed by atoms with E-state index in [1.54, 1.807) is 13.8 Å². The lowest BCUT2D eigenvalue weighted by atomic mass is 9.69. The lowest BCUT2D eigenvalue weighted by Crippen LogP contribution is -2.57. The van der Waals surface area contributed by atoms with Crippen molar-refractivity contribution >= 4 is 11.7 Å². The van der Waals surface area contributed by atoms with Gasteiger partial charge in [-0.3, -0.25) is 9.59 Å². The predicted molar refractivity (Wildman–Crippen MR) is 93.1 cm³/mol. The summed E-state index contributed by atoms with van der Waals surface area (Å²) in [6.07, 6.45) is -3.01. The van der Waals surface area contributed by atoms with Crippen molar-refractivity contribution in [2.24, 2.45) is 5.41 Å². The van der Waals surface area contributed by atoms with Gasteiger partial charge in [-0.25, -0.2) is 0 Å². The number of halogens is 3. The molecule has 8 heteroatoms. The van der Waals surface area contributed by atoms with E-state index in [1.165, 1.54) is 23.1 Å². The normalized spacial score (nSPS) is 24.6. The monoisotopic (exact) mass is 392 g/mol. The number of alkyl halides is 3. The van der Waals surface area contributed by atoms with Crippen molar-refractivity contribution in [1.29, 1.82) is 5.26 Å². The average Bonchev–Trinajstić information content (AvgIpc) is 2.63. The zero-order chi connectivity index (χ0) is 20.7. The first kappa shape index (κ1) is 20.1. The summed E-state index contributed by atoms with van der Waals surface area (Å²) in [5.41, 5.74) is -3.43. The van der Waals surface area contributed by atoms with Gasteiger partial charge in [-0.15, -0.1) is 0 Å². The molecule has 0 N–H and O–H groups in total. The van der Waals surface area contributed by atoms with Crippen molar-refractivity contribution in [3.05, 3.63) is 47.0 Å². The molecule has 1 amide bonds. The topological polar surface area (TPSA) is 70.4 Å². The highest BCUT2D eigenvalue weighted by Crippen LogP contribution is 2.41. The minimum absolute atomic E-state index is 0.0279. The molecule has 0 saturated carbocycles. The number of amides is 1. The van der Waals surface area contributed by atoms with Gasteiger partial charge in [0.1, 0.15) is 11.7 Å². The van der Waals surface area contributed by atoms with Gasteiger partial charge >= 0.3 is 6.18 Å². The van der Waals surface area contributed by atoms with E-state index >= 15 is 0 Å². The summed E-state index contributed by atoms with van der Waals surface area (Å²) < 4.78 is 45.7. The lowest BCUT2D eigenvalue weighted by Gasteiger charge is -2.46. The molecular formula is C20H19F3N2O3. The third-order valence-corrected chi connectivity index (χ3v) is 5.09. The molecule has 1 aliphatic heterocycles. The molecule has 1 aromatic carbocycles. The first-order valence-electron chi connectivity index (χ1n) is 8.76. The van der Waals surface area contributed by atoms with E-state index in [9.17, 15) is 28.0 Å². The van der Waals surface area contributed by atoms with E-state index < -0.39 is 34.2 Å². The standard InChI is InChI=1S/C20H19F3N2O3/c1-18(2)11-19(9-13(10-24)16(18)26)12-25(7-8-28-19)17(27)14-5-3-4-6-15(14)20(21,22)23/h3-6,9H,7-8,11-12H2,1-2H3. The summed E-state index contributed by atoms with van der Waals surface area (Å²) >= 11 is 0. The molecule has 3 rings (SSSR count). The highest BCUT2D eigenvalue weighted by molar-refractivity contribution is 6.04. The number of nitriles is 1. The molecular weight excluding hydrogens is 373 g/mol. The Morgan fingerprint density at radius 1 is 1.29 bits per heavy atom. The number of rotatable bonds is 1. The molecule has 0 bridgehead atoms. The second-order valence-electron chi connectivity index (χ2n) is 7.74. The molecule has 1 atom stereocenters. The number of Topliss-reactive ketones (excluding diaryl/α,β-unsaturated/α-hetero) is 1. The molecule has 28 heavy (non-hydrogen) atoms. The molecule has 2 aliphatic rings. The molecule has 148 valence electrons. The quantitative estimate of drug-likeness (QED) is 0.735. The molecule has 0 radical (unpaired) electrons. The van der Waals surface area contributed by atoms with E-state index in [0.29, 0.717) is 0 Å². The van der Waals surface area contributed by atoms with Gasteiger partial charge in [-0.1, -0.05) is 26.0 Å². The van der Waals surface area contributed by atoms with Gasteiger partial charge in [0.25, 0.3) is 5.91 Å². The molecule has 1 aromatic rings. The van der Waals surface area contributed by atoms with Crippen molar-refractivity contribution in [3.8, 4) is 6.07 Å². The Bertz CT molecular complexity index is 899. The Morgan fingerprint density at radius 3 is 2.61 bits per heavy atom. The molecule has 0 aromatic heterocycles. The molecule has 1 spiro atoms. The van der Waals surface area contributed by atoms with Crippen LogP contribution in [0.5, 0.6) is 0 Å². The molecule has 5 nitrogen and oxygen atoms in total. The maximum Gasteiger partial charge on any atom is 0.417 e. The third-order valence-electron chi connectivity index (χ3n) is 5.09. The fraction of sp³-hybridized carbons (Fsp3) is 0.450. The van der Waals surface area contributed by atoms with Gasteiger partial charge < -0.3 is 9.64 Å². The number of morpholine rings is 1. The van der Waals surface area contributed by atoms with Crippen LogP contribution < -0.4 is 0 Å². The van der Waals surface area contributed by atoms with Gasteiger partial charge in [0.2, 0.25) is 0 Å². The van der Waals surface area contributed by atoms with Crippen molar-refractivity contribution in [2.75, 3.05) is 19.7 Å². The fourth-order valence-corrected chi connectivity index (χ4v) is 3.92. The zero-order valence-corrected chi connectivity index (χ0v) is 15.5. The average molecular weight is 392 g/mol. The van der Waals surface area contributed by atoms with E-state index in [2.05, 4.69) is 0 Å². The highest BCUT2D eigenvalue weighted by Gasteiger charge is 2.49. The molecule has 1 unspecified atom stereocenters. The van der Waals surface area contributed by atoms with Crippen LogP contribution in [-0.4, -0.2) is 41.9 Å². The van der Waals surface area contributed by atoms with Crippen LogP contribution in [0.4, 0.5) is 13.2 Å². The van der Waals surface area contributed by atoms with E-state index in [-0.39, 0.29) is 37.5 Å². The van der Waals surface area contributed by atoms with E-state index in [4.69, 9.17) is 4.74 Å². The third kappa shape index (κ3) is 3.54. The zero-order valence-electron chi connectivity index (χ0n) is 15.5. The summed E-state index contributed by atoms with van der Waals surface area (Å²) in [4.78, 5) is 26.5. The van der Waals surface area contributed by atoms with Crippen LogP contribution in [0.3, 0.4) is 0 Å². The van der Waals surface area contributed by atoms with Crippen molar-refractivity contribution in [1.82, 2.24) is 4.90 Å². The molecule has 1 aliphatic carbocycles. The predicted octanol–water partition coefficient (Wildman–Crippen LogP) is 3.37. The Labute approximate surface area is 160 Å². The molecule has 1 saturated heterocycles. The van der Waals surface area contributed by atoms with Gasteiger partial charge in [0, 0.05) is 12.0 Å². The number of carbonyl (C=O) groups excluding carboxylic acids is 2. The number of allylic oxidation sites excluding steroid dienone is 1. The Balaban J connectivity index is 1.95. The molecule has 1 fully saturated rings. The highest BCUT2D eigenvalue weighted by atomic mass is 19.4. The fourth-order valence-electron chi connectivity index (χ4n) is 3.92. The summed E-state index contributed by atoms with van der Waals surface area (Å²) in [5, 5.41) is 9.29. The number of ketones is 1. The number of benzene rings is 1. The Morgan fingerprint density at radius 2 is 1.96 bits per heavy atom. The second kappa shape index (κ2) is 6.74. The largest absolute Gasteiger partial charge is 0.417 e. The molecule has 1 heterocycles. The summed E-state index contributed by atoms with van der Waals surface area (Å²) in [7, 11) is 0. The van der Waals surface area contributed by atoms with Gasteiger partial charge in [-0.05, 0) is 24.6 Å². The van der Waals surface area contributed by atoms with Crippen molar-refractivity contribution in [3.63, 3.8) is 0 Å². The van der Waals surface area contributed by atoms with Crippen molar-refractivity contribution in [2.45, 2.75) is 32.0 Å². The van der Waals surface area contributed by atoms with E-state index in [0.717, 1.165) is 12.1 Å². The maximum absolute atomic E-state index is 13.3. The number of ether oxygens (including phenoxy) is 1. The van der Waals surface area contributed by atoms with Crippen LogP contribution >= 0.6 is 0 Å². The van der Waals surface area contributed by atoms with Crippen LogP contribution in [-0.2, 0) is 15.7 Å². The summed E-state index contributed by atoms with van der Waals surface area (Å²) in [5.74, 6) is -1.06. The van der Waals surface area contributed by atoms with Crippen LogP contribution in [0, 0.1) is 16.7 Å².